The number of sulfonamides is 1. The van der Waals surface area contributed by atoms with Crippen molar-refractivity contribution in [2.75, 3.05) is 13.1 Å². The van der Waals surface area contributed by atoms with Crippen LogP contribution >= 0.6 is 0 Å². The maximum absolute atomic E-state index is 12.3. The summed E-state index contributed by atoms with van der Waals surface area (Å²) < 4.78 is 26.7. The van der Waals surface area contributed by atoms with E-state index in [1.165, 1.54) is 24.3 Å². The molecule has 2 aromatic rings. The van der Waals surface area contributed by atoms with Crippen LogP contribution in [0.25, 0.3) is 0 Å². The van der Waals surface area contributed by atoms with Crippen LogP contribution in [0, 0.1) is 0 Å². The van der Waals surface area contributed by atoms with Crippen molar-refractivity contribution >= 4 is 21.9 Å². The summed E-state index contributed by atoms with van der Waals surface area (Å²) in [5.41, 5.74) is 6.86. The van der Waals surface area contributed by atoms with Crippen LogP contribution in [0.3, 0.4) is 0 Å². The van der Waals surface area contributed by atoms with Crippen LogP contribution in [0.1, 0.15) is 22.3 Å². The largest absolute Gasteiger partial charge is 0.480 e. The minimum absolute atomic E-state index is 0.0550. The van der Waals surface area contributed by atoms with Gasteiger partial charge >= 0.3 is 5.97 Å². The van der Waals surface area contributed by atoms with Crippen molar-refractivity contribution in [2.45, 2.75) is 23.8 Å². The summed E-state index contributed by atoms with van der Waals surface area (Å²) in [6, 6.07) is 12.8. The topological polar surface area (TPSA) is 139 Å². The lowest BCUT2D eigenvalue weighted by molar-refractivity contribution is -0.138. The molecule has 0 aliphatic rings. The van der Waals surface area contributed by atoms with E-state index in [4.69, 9.17) is 5.73 Å². The molecule has 150 valence electrons. The van der Waals surface area contributed by atoms with E-state index in [0.29, 0.717) is 12.1 Å². The van der Waals surface area contributed by atoms with Crippen LogP contribution in [0.15, 0.2) is 59.5 Å². The van der Waals surface area contributed by atoms with Gasteiger partial charge in [-0.15, -0.1) is 0 Å². The third kappa shape index (κ3) is 6.15. The summed E-state index contributed by atoms with van der Waals surface area (Å²) >= 11 is 0. The van der Waals surface area contributed by atoms with Crippen LogP contribution in [0.5, 0.6) is 0 Å². The highest BCUT2D eigenvalue weighted by atomic mass is 32.2. The standard InChI is InChI=1S/C19H23N3O5S/c20-12-4-5-14-8-10-15(11-9-14)18(23)21-13-17(19(24)25)22-28(26,27)16-6-2-1-3-7-16/h1-3,6-11,17,22H,4-5,12-13,20H2,(H,21,23)(H,24,25)/t17-/m0/s1. The zero-order chi connectivity index (χ0) is 20.6. The first-order valence-corrected chi connectivity index (χ1v) is 10.2. The molecular weight excluding hydrogens is 382 g/mol. The maximum Gasteiger partial charge on any atom is 0.323 e. The number of nitrogens with two attached hydrogens (primary N) is 1. The van der Waals surface area contributed by atoms with Gasteiger partial charge in [0.25, 0.3) is 5.91 Å². The first kappa shape index (κ1) is 21.5. The second-order valence-corrected chi connectivity index (χ2v) is 7.84. The number of hydrogen-bond acceptors (Lipinski definition) is 5. The zero-order valence-electron chi connectivity index (χ0n) is 15.2. The summed E-state index contributed by atoms with van der Waals surface area (Å²) in [5.74, 6) is -1.88. The average Bonchev–Trinajstić information content (AvgIpc) is 2.70. The predicted molar refractivity (Wildman–Crippen MR) is 104 cm³/mol. The Bertz CT molecular complexity index is 899. The number of carboxylic acid groups (broad SMARTS) is 1. The van der Waals surface area contributed by atoms with Crippen molar-refractivity contribution in [3.05, 3.63) is 65.7 Å². The van der Waals surface area contributed by atoms with Crippen LogP contribution in [-0.2, 0) is 21.2 Å². The molecule has 0 saturated heterocycles. The molecule has 0 fully saturated rings. The molecule has 2 aromatic carbocycles. The number of aryl methyl sites for hydroxylation is 1. The van der Waals surface area contributed by atoms with Gasteiger partial charge in [0.2, 0.25) is 10.0 Å². The van der Waals surface area contributed by atoms with Gasteiger partial charge in [0, 0.05) is 12.1 Å². The molecule has 0 aliphatic carbocycles. The van der Waals surface area contributed by atoms with E-state index in [0.717, 1.165) is 18.4 Å². The van der Waals surface area contributed by atoms with Crippen molar-refractivity contribution in [3.8, 4) is 0 Å². The van der Waals surface area contributed by atoms with Crippen molar-refractivity contribution < 1.29 is 23.1 Å². The van der Waals surface area contributed by atoms with Crippen molar-refractivity contribution in [2.24, 2.45) is 5.73 Å². The van der Waals surface area contributed by atoms with Gasteiger partial charge in [0.05, 0.1) is 4.90 Å². The number of rotatable bonds is 10. The van der Waals surface area contributed by atoms with Crippen LogP contribution in [0.4, 0.5) is 0 Å². The van der Waals surface area contributed by atoms with E-state index in [9.17, 15) is 23.1 Å². The molecule has 8 nitrogen and oxygen atoms in total. The van der Waals surface area contributed by atoms with Gasteiger partial charge in [0.1, 0.15) is 6.04 Å². The number of carbonyl (C=O) groups excluding carboxylic acids is 1. The average molecular weight is 405 g/mol. The molecule has 0 aromatic heterocycles. The highest BCUT2D eigenvalue weighted by Crippen LogP contribution is 2.09. The molecule has 0 aliphatic heterocycles. The quantitative estimate of drug-likeness (QED) is 0.460. The first-order valence-electron chi connectivity index (χ1n) is 8.71. The molecule has 0 bridgehead atoms. The molecule has 1 amide bonds. The van der Waals surface area contributed by atoms with Gasteiger partial charge in [-0.2, -0.15) is 4.72 Å². The summed E-state index contributed by atoms with van der Waals surface area (Å²) in [4.78, 5) is 23.6. The van der Waals surface area contributed by atoms with Gasteiger partial charge in [-0.05, 0) is 49.2 Å². The van der Waals surface area contributed by atoms with Crippen molar-refractivity contribution in [1.29, 1.82) is 0 Å². The minimum atomic E-state index is -4.02. The van der Waals surface area contributed by atoms with Gasteiger partial charge in [0.15, 0.2) is 0 Å². The number of hydrogen-bond donors (Lipinski definition) is 4. The zero-order valence-corrected chi connectivity index (χ0v) is 16.0. The summed E-state index contributed by atoms with van der Waals surface area (Å²) in [5, 5.41) is 11.7. The van der Waals surface area contributed by atoms with Crippen molar-refractivity contribution in [3.63, 3.8) is 0 Å². The number of benzene rings is 2. The van der Waals surface area contributed by atoms with Gasteiger partial charge in [-0.3, -0.25) is 9.59 Å². The van der Waals surface area contributed by atoms with E-state index >= 15 is 0 Å². The monoisotopic (exact) mass is 405 g/mol. The van der Waals surface area contributed by atoms with E-state index in [2.05, 4.69) is 10.0 Å². The lowest BCUT2D eigenvalue weighted by Crippen LogP contribution is -2.48. The smallest absolute Gasteiger partial charge is 0.323 e. The Morgan fingerprint density at radius 2 is 1.68 bits per heavy atom. The third-order valence-electron chi connectivity index (χ3n) is 4.00. The third-order valence-corrected chi connectivity index (χ3v) is 5.49. The summed E-state index contributed by atoms with van der Waals surface area (Å²) in [7, 11) is -4.02. The molecule has 2 rings (SSSR count). The lowest BCUT2D eigenvalue weighted by atomic mass is 10.1. The molecular formula is C19H23N3O5S. The Balaban J connectivity index is 1.99. The fraction of sp³-hybridized carbons (Fsp3) is 0.263. The van der Waals surface area contributed by atoms with E-state index in [1.807, 2.05) is 0 Å². The Kier molecular flexibility index (Phi) is 7.68. The Morgan fingerprint density at radius 1 is 1.04 bits per heavy atom. The minimum Gasteiger partial charge on any atom is -0.480 e. The number of nitrogens with one attached hydrogen (secondary N) is 2. The molecule has 0 spiro atoms. The molecule has 9 heteroatoms. The molecule has 0 heterocycles. The van der Waals surface area contributed by atoms with Crippen LogP contribution < -0.4 is 15.8 Å². The molecule has 28 heavy (non-hydrogen) atoms. The van der Waals surface area contributed by atoms with E-state index in [1.54, 1.807) is 30.3 Å². The van der Waals surface area contributed by atoms with Gasteiger partial charge in [-0.1, -0.05) is 30.3 Å². The van der Waals surface area contributed by atoms with E-state index in [-0.39, 0.29) is 4.90 Å². The molecule has 5 N–H and O–H groups in total. The summed E-state index contributed by atoms with van der Waals surface area (Å²) in [6.45, 7) is 0.187. The Labute approximate surface area is 163 Å². The van der Waals surface area contributed by atoms with Gasteiger partial charge < -0.3 is 16.2 Å². The fourth-order valence-corrected chi connectivity index (χ4v) is 3.67. The van der Waals surface area contributed by atoms with Crippen LogP contribution in [0.2, 0.25) is 0 Å². The number of carbonyl (C=O) groups is 2. The second-order valence-electron chi connectivity index (χ2n) is 6.12. The lowest BCUT2D eigenvalue weighted by Gasteiger charge is -2.15. The van der Waals surface area contributed by atoms with E-state index < -0.39 is 34.5 Å². The fourth-order valence-electron chi connectivity index (χ4n) is 2.46. The second kappa shape index (κ2) is 9.98. The normalized spacial score (nSPS) is 12.3. The highest BCUT2D eigenvalue weighted by Gasteiger charge is 2.25. The van der Waals surface area contributed by atoms with Crippen molar-refractivity contribution in [1.82, 2.24) is 10.0 Å². The molecule has 0 radical (unpaired) electrons. The number of carboxylic acids is 1. The predicted octanol–water partition coefficient (Wildman–Crippen LogP) is 0.739. The SMILES string of the molecule is NCCCc1ccc(C(=O)NC[C@H](NS(=O)(=O)c2ccccc2)C(=O)O)cc1. The van der Waals surface area contributed by atoms with Gasteiger partial charge in [-0.25, -0.2) is 8.42 Å². The molecule has 0 saturated carbocycles. The Morgan fingerprint density at radius 3 is 2.25 bits per heavy atom. The maximum atomic E-state index is 12.3. The number of amides is 1. The first-order chi connectivity index (χ1) is 13.3. The van der Waals surface area contributed by atoms with Crippen LogP contribution in [-0.4, -0.2) is 44.5 Å². The summed E-state index contributed by atoms with van der Waals surface area (Å²) in [6.07, 6.45) is 1.65. The number of aliphatic carboxylic acids is 1. The Hall–Kier alpha value is -2.75. The molecule has 1 atom stereocenters. The highest BCUT2D eigenvalue weighted by molar-refractivity contribution is 7.89. The molecule has 0 unspecified atom stereocenters.